The smallest absolute Gasteiger partial charge is 0.245 e. The number of carbonyl (C=O) groups excluding carboxylic acids is 4. The number of nitrogens with one attached hydrogen (secondary N) is 2. The molecule has 2 aromatic heterocycles. The zero-order valence-electron chi connectivity index (χ0n) is 44.5. The minimum atomic E-state index is -1.78. The maximum absolute atomic E-state index is 14.7. The number of hydrogen-bond acceptors (Lipinski definition) is 16. The number of nitrogens with two attached hydrogens (primary N) is 1. The summed E-state index contributed by atoms with van der Waals surface area (Å²) in [6, 6.07) is -3.14. The Hall–Kier alpha value is -4.19. The van der Waals surface area contributed by atoms with E-state index in [0.29, 0.717) is 44.5 Å². The Morgan fingerprint density at radius 3 is 2.25 bits per heavy atom. The number of allylic oxidation sites excluding steroid dienone is 3. The van der Waals surface area contributed by atoms with E-state index in [4.69, 9.17) is 15.2 Å². The average Bonchev–Trinajstić information content (AvgIpc) is 4.16. The fourth-order valence-electron chi connectivity index (χ4n) is 10.2. The van der Waals surface area contributed by atoms with Crippen LogP contribution in [0.2, 0.25) is 0 Å². The second-order valence-corrected chi connectivity index (χ2v) is 21.4. The molecule has 1 aliphatic carbocycles. The van der Waals surface area contributed by atoms with Crippen molar-refractivity contribution in [1.82, 2.24) is 45.3 Å². The van der Waals surface area contributed by atoms with E-state index in [1.54, 1.807) is 48.3 Å². The SMILES string of the molecule is CCC(C)C(C(CC(=O)N1CCCC1C(OC)C(C)C(=O)NC(CC1=CCCC=C1)c1nccs1)OC)N(C)C(=O)C(NC(=O)C(C(C)C)N(C)CC(O)C(O)C(O)C(O)Cn1cc(CCN)nn1)C(C)C. The zero-order chi connectivity index (χ0) is 53.4. The summed E-state index contributed by atoms with van der Waals surface area (Å²) < 4.78 is 13.5. The Labute approximate surface area is 430 Å². The fraction of sp³-hybridized carbons (Fsp3) is 0.745. The molecule has 2 aliphatic rings. The third-order valence-corrected chi connectivity index (χ3v) is 15.3. The van der Waals surface area contributed by atoms with Crippen LogP contribution < -0.4 is 16.4 Å². The summed E-state index contributed by atoms with van der Waals surface area (Å²) in [5, 5.41) is 60.3. The van der Waals surface area contributed by atoms with Crippen LogP contribution in [0, 0.1) is 23.7 Å². The van der Waals surface area contributed by atoms with Gasteiger partial charge in [-0.25, -0.2) is 9.67 Å². The number of nitrogens with zero attached hydrogens (tertiary/aromatic N) is 7. The van der Waals surface area contributed by atoms with Crippen LogP contribution in [0.3, 0.4) is 0 Å². The molecule has 4 rings (SSSR count). The lowest BCUT2D eigenvalue weighted by Gasteiger charge is -2.41. The van der Waals surface area contributed by atoms with Crippen LogP contribution >= 0.6 is 11.3 Å². The molecular formula is C51H86N10O10S. The van der Waals surface area contributed by atoms with E-state index in [0.717, 1.165) is 29.8 Å². The molecule has 1 saturated heterocycles. The lowest BCUT2D eigenvalue weighted by molar-refractivity contribution is -0.148. The first-order valence-electron chi connectivity index (χ1n) is 25.7. The first-order valence-corrected chi connectivity index (χ1v) is 26.6. The average molecular weight is 1030 g/mol. The lowest BCUT2D eigenvalue weighted by atomic mass is 9.89. The highest BCUT2D eigenvalue weighted by Crippen LogP contribution is 2.32. The van der Waals surface area contributed by atoms with Gasteiger partial charge in [-0.2, -0.15) is 0 Å². The molecule has 3 heterocycles. The topological polar surface area (TPSA) is 271 Å². The first kappa shape index (κ1) is 60.4. The maximum Gasteiger partial charge on any atom is 0.245 e. The standard InChI is InChI=1S/C51H86N10O10S/c1-12-32(6)44(40(70-10)26-41(64)61-23-16-19-37(61)47(71-11)33(7)48(67)54-36(50-53-22-24-72-50)25-34-17-14-13-15-18-34)59(9)51(69)42(30(2)3)55-49(68)43(31(4)5)58(8)28-38(62)45(65)46(66)39(63)29-60-27-35(20-21-52)56-57-60/h14,17-18,22,24,27,30-33,36-40,42-47,62-63,65-66H,12-13,15-16,19-21,23,25-26,28-29,52H2,1-11H3,(H,54,67)(H,55,68). The molecule has 0 bridgehead atoms. The number of likely N-dealkylation sites (tertiary alicyclic amines) is 1. The molecule has 0 radical (unpaired) electrons. The molecule has 1 aliphatic heterocycles. The van der Waals surface area contributed by atoms with Gasteiger partial charge in [-0.05, 0) is 69.0 Å². The summed E-state index contributed by atoms with van der Waals surface area (Å²) in [6.07, 6.45) is 6.85. The van der Waals surface area contributed by atoms with Crippen LogP contribution in [0.4, 0.5) is 0 Å². The molecule has 21 heteroatoms. The number of likely N-dealkylation sites (N-methyl/N-ethyl adjacent to an activating group) is 2. The number of rotatable bonds is 30. The highest BCUT2D eigenvalue weighted by atomic mass is 32.1. The van der Waals surface area contributed by atoms with Gasteiger partial charge < -0.3 is 56.1 Å². The van der Waals surface area contributed by atoms with E-state index < -0.39 is 66.6 Å². The van der Waals surface area contributed by atoms with E-state index in [1.165, 1.54) is 23.1 Å². The Kier molecular flexibility index (Phi) is 24.4. The second kappa shape index (κ2) is 29.0. The van der Waals surface area contributed by atoms with Crippen molar-refractivity contribution in [3.05, 3.63) is 52.3 Å². The van der Waals surface area contributed by atoms with Gasteiger partial charge in [0.25, 0.3) is 0 Å². The molecule has 72 heavy (non-hydrogen) atoms. The van der Waals surface area contributed by atoms with Gasteiger partial charge in [-0.15, -0.1) is 16.4 Å². The molecular weight excluding hydrogens is 945 g/mol. The summed E-state index contributed by atoms with van der Waals surface area (Å²) >= 11 is 1.50. The second-order valence-electron chi connectivity index (χ2n) is 20.4. The molecule has 13 unspecified atom stereocenters. The monoisotopic (exact) mass is 1030 g/mol. The normalized spacial score (nSPS) is 20.2. The van der Waals surface area contributed by atoms with Gasteiger partial charge in [0, 0.05) is 58.6 Å². The van der Waals surface area contributed by atoms with Gasteiger partial charge in [0.05, 0.1) is 67.1 Å². The molecule has 8 N–H and O–H groups in total. The minimum Gasteiger partial charge on any atom is -0.389 e. The van der Waals surface area contributed by atoms with Gasteiger partial charge >= 0.3 is 0 Å². The zero-order valence-corrected chi connectivity index (χ0v) is 45.3. The summed E-state index contributed by atoms with van der Waals surface area (Å²) in [4.78, 5) is 67.0. The highest BCUT2D eigenvalue weighted by Gasteiger charge is 2.44. The van der Waals surface area contributed by atoms with Crippen molar-refractivity contribution in [1.29, 1.82) is 0 Å². The van der Waals surface area contributed by atoms with Crippen LogP contribution in [0.25, 0.3) is 0 Å². The van der Waals surface area contributed by atoms with Crippen molar-refractivity contribution in [2.45, 2.75) is 173 Å². The largest absolute Gasteiger partial charge is 0.389 e. The quantitative estimate of drug-likeness (QED) is 0.0592. The number of methoxy groups -OCH3 is 2. The number of ether oxygens (including phenoxy) is 2. The number of aliphatic hydroxyl groups excluding tert-OH is 4. The number of carbonyl (C=O) groups is 4. The third kappa shape index (κ3) is 16.2. The Balaban J connectivity index is 1.44. The Bertz CT molecular complexity index is 2050. The molecule has 0 spiro atoms. The lowest BCUT2D eigenvalue weighted by Crippen LogP contribution is -2.60. The summed E-state index contributed by atoms with van der Waals surface area (Å²) in [5.41, 5.74) is 7.33. The number of aromatic nitrogens is 4. The van der Waals surface area contributed by atoms with Crippen molar-refractivity contribution in [2.24, 2.45) is 29.4 Å². The third-order valence-electron chi connectivity index (χ3n) is 14.4. The van der Waals surface area contributed by atoms with Crippen LogP contribution in [0.15, 0.2) is 41.6 Å². The van der Waals surface area contributed by atoms with Crippen LogP contribution in [0.1, 0.15) is 110 Å². The van der Waals surface area contributed by atoms with E-state index in [2.05, 4.69) is 44.2 Å². The van der Waals surface area contributed by atoms with E-state index >= 15 is 0 Å². The van der Waals surface area contributed by atoms with Crippen molar-refractivity contribution >= 4 is 35.0 Å². The predicted molar refractivity (Wildman–Crippen MR) is 275 cm³/mol. The first-order chi connectivity index (χ1) is 34.2. The van der Waals surface area contributed by atoms with Crippen LogP contribution in [-0.2, 0) is 41.6 Å². The van der Waals surface area contributed by atoms with E-state index in [-0.39, 0.29) is 67.1 Å². The highest BCUT2D eigenvalue weighted by molar-refractivity contribution is 7.09. The van der Waals surface area contributed by atoms with Gasteiger partial charge in [-0.3, -0.25) is 24.1 Å². The summed E-state index contributed by atoms with van der Waals surface area (Å²) in [6.45, 7) is 13.5. The maximum atomic E-state index is 14.7. The minimum absolute atomic E-state index is 0.0413. The van der Waals surface area contributed by atoms with Crippen molar-refractivity contribution < 1.29 is 49.1 Å². The molecule has 4 amide bonds. The fourth-order valence-corrected chi connectivity index (χ4v) is 10.9. The molecule has 13 atom stereocenters. The molecule has 2 aromatic rings. The number of thiazole rings is 1. The molecule has 20 nitrogen and oxygen atoms in total. The predicted octanol–water partition coefficient (Wildman–Crippen LogP) is 2.22. The molecule has 406 valence electrons. The number of aliphatic hydroxyl groups is 4. The Morgan fingerprint density at radius 1 is 0.958 bits per heavy atom. The number of amides is 4. The summed E-state index contributed by atoms with van der Waals surface area (Å²) in [7, 11) is 6.37. The van der Waals surface area contributed by atoms with Crippen molar-refractivity contribution in [3.63, 3.8) is 0 Å². The number of hydrogen-bond donors (Lipinski definition) is 7. The van der Waals surface area contributed by atoms with Gasteiger partial charge in [0.2, 0.25) is 23.6 Å². The van der Waals surface area contributed by atoms with E-state index in [1.807, 2.05) is 53.8 Å². The van der Waals surface area contributed by atoms with Crippen LogP contribution in [-0.4, -0.2) is 187 Å². The van der Waals surface area contributed by atoms with Gasteiger partial charge in [0.15, 0.2) is 0 Å². The molecule has 1 fully saturated rings. The van der Waals surface area contributed by atoms with Crippen LogP contribution in [0.5, 0.6) is 0 Å². The molecule has 0 aromatic carbocycles. The molecule has 0 saturated carbocycles. The summed E-state index contributed by atoms with van der Waals surface area (Å²) in [5.74, 6) is -2.64. The van der Waals surface area contributed by atoms with E-state index in [9.17, 15) is 39.6 Å². The van der Waals surface area contributed by atoms with Gasteiger partial charge in [-0.1, -0.05) is 78.3 Å². The van der Waals surface area contributed by atoms with Gasteiger partial charge in [0.1, 0.15) is 29.4 Å². The van der Waals surface area contributed by atoms with Crippen molar-refractivity contribution in [2.75, 3.05) is 47.9 Å². The Morgan fingerprint density at radius 2 is 1.67 bits per heavy atom. The van der Waals surface area contributed by atoms with Crippen molar-refractivity contribution in [3.8, 4) is 0 Å².